The first-order chi connectivity index (χ1) is 6.89. The lowest BCUT2D eigenvalue weighted by atomic mass is 10.2. The van der Waals surface area contributed by atoms with Crippen LogP contribution in [0.4, 0.5) is 0 Å². The van der Waals surface area contributed by atoms with Gasteiger partial charge in [0.15, 0.2) is 0 Å². The highest BCUT2D eigenvalue weighted by Gasteiger charge is 2.25. The molecule has 2 nitrogen and oxygen atoms in total. The molecular formula is C11H14ClNOS. The maximum absolute atomic E-state index is 11.6. The molecule has 1 atom stereocenters. The minimum atomic E-state index is -1.21. The highest BCUT2D eigenvalue weighted by molar-refractivity contribution is 7.91. The molecule has 0 aliphatic rings. The molecule has 0 saturated carbocycles. The summed E-state index contributed by atoms with van der Waals surface area (Å²) in [4.78, 5) is 0. The highest BCUT2D eigenvalue weighted by atomic mass is 35.5. The average Bonchev–Trinajstić information content (AvgIpc) is 2.15. The van der Waals surface area contributed by atoms with Gasteiger partial charge in [-0.2, -0.15) is 0 Å². The third kappa shape index (κ3) is 4.24. The zero-order valence-corrected chi connectivity index (χ0v) is 10.6. The third-order valence-corrected chi connectivity index (χ3v) is 3.29. The summed E-state index contributed by atoms with van der Waals surface area (Å²) in [6, 6.07) is 7.24. The summed E-state index contributed by atoms with van der Waals surface area (Å²) in [7, 11) is 0. The van der Waals surface area contributed by atoms with Crippen molar-refractivity contribution in [2.75, 3.05) is 0 Å². The lowest BCUT2D eigenvalue weighted by molar-refractivity contribution is 0.562. The van der Waals surface area contributed by atoms with Crippen LogP contribution in [0.1, 0.15) is 26.3 Å². The standard InChI is InChI=1S/C11H14ClNOS/c1-11(2,3)15(14)13-8-9-4-6-10(12)7-5-9/h4-8H,1-3H3/t15-/m0/s1. The first-order valence-corrected chi connectivity index (χ1v) is 6.10. The highest BCUT2D eigenvalue weighted by Crippen LogP contribution is 2.17. The van der Waals surface area contributed by atoms with Gasteiger partial charge in [-0.15, -0.1) is 0 Å². The molecule has 0 saturated heterocycles. The maximum Gasteiger partial charge on any atom is 0.144 e. The molecule has 0 aliphatic carbocycles. The van der Waals surface area contributed by atoms with Crippen LogP contribution in [-0.2, 0) is 11.4 Å². The molecule has 82 valence electrons. The lowest BCUT2D eigenvalue weighted by Crippen LogP contribution is -2.25. The van der Waals surface area contributed by atoms with Crippen LogP contribution in [0.2, 0.25) is 5.02 Å². The van der Waals surface area contributed by atoms with Crippen molar-refractivity contribution in [3.05, 3.63) is 34.9 Å². The van der Waals surface area contributed by atoms with Crippen LogP contribution in [0, 0.1) is 0 Å². The smallest absolute Gasteiger partial charge is 0.144 e. The summed E-state index contributed by atoms with van der Waals surface area (Å²) in [5.74, 6) is 0. The van der Waals surface area contributed by atoms with E-state index in [4.69, 9.17) is 11.6 Å². The molecule has 0 fully saturated rings. The Hall–Kier alpha value is -0.510. The Bertz CT molecular complexity index is 343. The van der Waals surface area contributed by atoms with E-state index in [2.05, 4.69) is 4.40 Å². The Labute approximate surface area is 98.7 Å². The van der Waals surface area contributed by atoms with Crippen molar-refractivity contribution in [1.29, 1.82) is 0 Å². The van der Waals surface area contributed by atoms with Crippen LogP contribution in [0.5, 0.6) is 0 Å². The Morgan fingerprint density at radius 1 is 1.27 bits per heavy atom. The van der Waals surface area contributed by atoms with E-state index in [0.717, 1.165) is 5.56 Å². The fourth-order valence-corrected chi connectivity index (χ4v) is 1.48. The summed E-state index contributed by atoms with van der Waals surface area (Å²) in [6.07, 6.45) is 1.61. The van der Waals surface area contributed by atoms with Crippen molar-refractivity contribution in [2.24, 2.45) is 4.40 Å². The van der Waals surface area contributed by atoms with Crippen LogP contribution in [-0.4, -0.2) is 15.5 Å². The topological polar surface area (TPSA) is 35.4 Å². The Balaban J connectivity index is 2.70. The molecule has 0 amide bonds. The molecule has 1 aromatic carbocycles. The van der Waals surface area contributed by atoms with E-state index in [1.54, 1.807) is 18.3 Å². The van der Waals surface area contributed by atoms with Gasteiger partial charge in [-0.1, -0.05) is 28.1 Å². The van der Waals surface area contributed by atoms with Crippen LogP contribution < -0.4 is 0 Å². The number of rotatable bonds is 2. The second kappa shape index (κ2) is 5.01. The summed E-state index contributed by atoms with van der Waals surface area (Å²) < 4.78 is 15.3. The molecule has 0 unspecified atom stereocenters. The molecule has 1 aromatic rings. The van der Waals surface area contributed by atoms with E-state index in [-0.39, 0.29) is 4.75 Å². The largest absolute Gasteiger partial charge is 0.591 e. The van der Waals surface area contributed by atoms with Crippen molar-refractivity contribution in [3.63, 3.8) is 0 Å². The first kappa shape index (κ1) is 12.6. The fourth-order valence-electron chi connectivity index (χ4n) is 0.816. The van der Waals surface area contributed by atoms with Crippen molar-refractivity contribution >= 4 is 29.2 Å². The van der Waals surface area contributed by atoms with Gasteiger partial charge in [-0.3, -0.25) is 0 Å². The number of nitrogens with zero attached hydrogens (tertiary/aromatic N) is 1. The lowest BCUT2D eigenvalue weighted by Gasteiger charge is -2.17. The van der Waals surface area contributed by atoms with E-state index in [0.29, 0.717) is 5.02 Å². The van der Waals surface area contributed by atoms with Crippen LogP contribution >= 0.6 is 11.6 Å². The van der Waals surface area contributed by atoms with Gasteiger partial charge in [0, 0.05) is 5.02 Å². The zero-order valence-electron chi connectivity index (χ0n) is 9.03. The zero-order chi connectivity index (χ0) is 11.5. The second-order valence-corrected chi connectivity index (χ2v) is 6.52. The van der Waals surface area contributed by atoms with Gasteiger partial charge >= 0.3 is 0 Å². The molecule has 0 aromatic heterocycles. The van der Waals surface area contributed by atoms with Crippen molar-refractivity contribution in [2.45, 2.75) is 25.5 Å². The number of benzene rings is 1. The molecule has 0 heterocycles. The van der Waals surface area contributed by atoms with E-state index < -0.39 is 11.4 Å². The predicted octanol–water partition coefficient (Wildman–Crippen LogP) is 3.22. The minimum Gasteiger partial charge on any atom is -0.591 e. The molecule has 1 rings (SSSR count). The maximum atomic E-state index is 11.6. The van der Waals surface area contributed by atoms with Crippen LogP contribution in [0.3, 0.4) is 0 Å². The summed E-state index contributed by atoms with van der Waals surface area (Å²) in [5.41, 5.74) is 0.900. The van der Waals surface area contributed by atoms with Crippen LogP contribution in [0.25, 0.3) is 0 Å². The Morgan fingerprint density at radius 2 is 1.80 bits per heavy atom. The summed E-state index contributed by atoms with van der Waals surface area (Å²) >= 11 is 4.54. The average molecular weight is 244 g/mol. The van der Waals surface area contributed by atoms with Gasteiger partial charge in [0.2, 0.25) is 0 Å². The SMILES string of the molecule is CC(C)(C)[S@+]([O-])N=Cc1ccc(Cl)cc1. The molecule has 4 heteroatoms. The van der Waals surface area contributed by atoms with E-state index >= 15 is 0 Å². The summed E-state index contributed by atoms with van der Waals surface area (Å²) in [5, 5.41) is 0.684. The monoisotopic (exact) mass is 243 g/mol. The molecule has 0 aliphatic heterocycles. The van der Waals surface area contributed by atoms with E-state index in [1.807, 2.05) is 32.9 Å². The van der Waals surface area contributed by atoms with E-state index in [1.165, 1.54) is 0 Å². The third-order valence-electron chi connectivity index (χ3n) is 1.69. The summed E-state index contributed by atoms with van der Waals surface area (Å²) in [6.45, 7) is 5.67. The number of hydrogen-bond acceptors (Lipinski definition) is 2. The van der Waals surface area contributed by atoms with Crippen molar-refractivity contribution < 1.29 is 4.55 Å². The van der Waals surface area contributed by atoms with Gasteiger partial charge in [0.1, 0.15) is 16.1 Å². The minimum absolute atomic E-state index is 0.317. The molecule has 0 bridgehead atoms. The Kier molecular flexibility index (Phi) is 4.20. The predicted molar refractivity (Wildman–Crippen MR) is 66.9 cm³/mol. The fraction of sp³-hybridized carbons (Fsp3) is 0.364. The molecule has 15 heavy (non-hydrogen) atoms. The van der Waals surface area contributed by atoms with Crippen molar-refractivity contribution in [1.82, 2.24) is 0 Å². The van der Waals surface area contributed by atoms with Gasteiger partial charge in [-0.05, 0) is 38.5 Å². The number of halogens is 1. The molecule has 0 N–H and O–H groups in total. The van der Waals surface area contributed by atoms with Crippen LogP contribution in [0.15, 0.2) is 28.7 Å². The van der Waals surface area contributed by atoms with Gasteiger partial charge in [0.05, 0.1) is 6.21 Å². The quantitative estimate of drug-likeness (QED) is 0.580. The first-order valence-electron chi connectivity index (χ1n) is 4.61. The Morgan fingerprint density at radius 3 is 2.27 bits per heavy atom. The molecular weight excluding hydrogens is 230 g/mol. The molecule has 0 radical (unpaired) electrons. The molecule has 0 spiro atoms. The normalized spacial score (nSPS) is 14.5. The van der Waals surface area contributed by atoms with Gasteiger partial charge in [-0.25, -0.2) is 0 Å². The second-order valence-electron chi connectivity index (χ2n) is 4.15. The van der Waals surface area contributed by atoms with Crippen molar-refractivity contribution in [3.8, 4) is 0 Å². The van der Waals surface area contributed by atoms with Gasteiger partial charge in [0.25, 0.3) is 0 Å². The number of hydrogen-bond donors (Lipinski definition) is 0. The van der Waals surface area contributed by atoms with E-state index in [9.17, 15) is 4.55 Å². The van der Waals surface area contributed by atoms with Gasteiger partial charge < -0.3 is 4.55 Å².